The second-order valence-corrected chi connectivity index (χ2v) is 6.57. The predicted molar refractivity (Wildman–Crippen MR) is 85.6 cm³/mol. The van der Waals surface area contributed by atoms with Crippen molar-refractivity contribution in [2.24, 2.45) is 0 Å². The van der Waals surface area contributed by atoms with Crippen LogP contribution >= 0.6 is 11.3 Å². The molecule has 1 amide bonds. The fraction of sp³-hybridized carbons (Fsp3) is 0.333. The van der Waals surface area contributed by atoms with Gasteiger partial charge in [0.15, 0.2) is 5.82 Å². The first-order valence-electron chi connectivity index (χ1n) is 7.38. The minimum absolute atomic E-state index is 0.199. The SMILES string of the molecule is Cc1n[nH]c(C)c1C(=O)Nc1ccsc1-c1nc(C2CC2)no1. The van der Waals surface area contributed by atoms with Crippen molar-refractivity contribution in [1.29, 1.82) is 0 Å². The van der Waals surface area contributed by atoms with Crippen LogP contribution in [0.4, 0.5) is 5.69 Å². The van der Waals surface area contributed by atoms with Crippen LogP contribution in [0.15, 0.2) is 16.0 Å². The number of amides is 1. The maximum Gasteiger partial charge on any atom is 0.270 e. The number of thiophene rings is 1. The number of nitrogens with one attached hydrogen (secondary N) is 2. The van der Waals surface area contributed by atoms with Gasteiger partial charge >= 0.3 is 0 Å². The maximum absolute atomic E-state index is 12.5. The fourth-order valence-electron chi connectivity index (χ4n) is 2.48. The third-order valence-corrected chi connectivity index (χ3v) is 4.75. The molecule has 1 aliphatic rings. The number of hydrogen-bond donors (Lipinski definition) is 2. The van der Waals surface area contributed by atoms with Crippen molar-refractivity contribution in [1.82, 2.24) is 20.3 Å². The number of nitrogens with zero attached hydrogens (tertiary/aromatic N) is 3. The van der Waals surface area contributed by atoms with Crippen LogP contribution in [0.2, 0.25) is 0 Å². The fourth-order valence-corrected chi connectivity index (χ4v) is 3.25. The number of aromatic nitrogens is 4. The molecule has 0 unspecified atom stereocenters. The molecule has 0 aromatic carbocycles. The molecule has 0 spiro atoms. The smallest absolute Gasteiger partial charge is 0.270 e. The largest absolute Gasteiger partial charge is 0.333 e. The van der Waals surface area contributed by atoms with Gasteiger partial charge < -0.3 is 9.84 Å². The van der Waals surface area contributed by atoms with E-state index in [2.05, 4.69) is 25.7 Å². The second kappa shape index (κ2) is 5.31. The van der Waals surface area contributed by atoms with Gasteiger partial charge in [0.25, 0.3) is 11.8 Å². The Kier molecular flexibility index (Phi) is 3.26. The van der Waals surface area contributed by atoms with E-state index in [0.29, 0.717) is 28.8 Å². The highest BCUT2D eigenvalue weighted by molar-refractivity contribution is 7.14. The molecular formula is C15H15N5O2S. The van der Waals surface area contributed by atoms with Crippen molar-refractivity contribution >= 4 is 22.9 Å². The summed E-state index contributed by atoms with van der Waals surface area (Å²) >= 11 is 1.46. The zero-order chi connectivity index (χ0) is 16.0. The van der Waals surface area contributed by atoms with Crippen molar-refractivity contribution in [3.63, 3.8) is 0 Å². The molecule has 0 radical (unpaired) electrons. The van der Waals surface area contributed by atoms with E-state index in [9.17, 15) is 4.79 Å². The highest BCUT2D eigenvalue weighted by atomic mass is 32.1. The molecule has 1 saturated carbocycles. The summed E-state index contributed by atoms with van der Waals surface area (Å²) in [4.78, 5) is 17.7. The first-order chi connectivity index (χ1) is 11.1. The molecule has 0 bridgehead atoms. The molecular weight excluding hydrogens is 314 g/mol. The summed E-state index contributed by atoms with van der Waals surface area (Å²) in [6.45, 7) is 3.62. The number of anilines is 1. The number of hydrogen-bond acceptors (Lipinski definition) is 6. The molecule has 8 heteroatoms. The minimum Gasteiger partial charge on any atom is -0.333 e. The van der Waals surface area contributed by atoms with Crippen molar-refractivity contribution < 1.29 is 9.32 Å². The van der Waals surface area contributed by atoms with E-state index >= 15 is 0 Å². The lowest BCUT2D eigenvalue weighted by atomic mass is 10.2. The van der Waals surface area contributed by atoms with Crippen molar-refractivity contribution in [2.45, 2.75) is 32.6 Å². The highest BCUT2D eigenvalue weighted by Gasteiger charge is 2.29. The summed E-state index contributed by atoms with van der Waals surface area (Å²) in [5, 5.41) is 15.7. The lowest BCUT2D eigenvalue weighted by Crippen LogP contribution is -2.13. The maximum atomic E-state index is 12.5. The van der Waals surface area contributed by atoms with E-state index in [1.54, 1.807) is 6.92 Å². The number of aromatic amines is 1. The van der Waals surface area contributed by atoms with Crippen LogP contribution in [0.25, 0.3) is 10.8 Å². The molecule has 3 aromatic rings. The van der Waals surface area contributed by atoms with Gasteiger partial charge in [-0.05, 0) is 38.1 Å². The third-order valence-electron chi connectivity index (χ3n) is 3.85. The Balaban J connectivity index is 1.60. The zero-order valence-corrected chi connectivity index (χ0v) is 13.5. The molecule has 0 saturated heterocycles. The summed E-state index contributed by atoms with van der Waals surface area (Å²) in [7, 11) is 0. The van der Waals surface area contributed by atoms with E-state index in [0.717, 1.165) is 29.2 Å². The molecule has 1 fully saturated rings. The summed E-state index contributed by atoms with van der Waals surface area (Å²) in [6, 6.07) is 1.84. The van der Waals surface area contributed by atoms with Crippen LogP contribution in [-0.4, -0.2) is 26.2 Å². The number of carbonyl (C=O) groups excluding carboxylic acids is 1. The van der Waals surface area contributed by atoms with Crippen molar-refractivity contribution in [3.05, 3.63) is 34.2 Å². The quantitative estimate of drug-likeness (QED) is 0.765. The molecule has 0 atom stereocenters. The molecule has 2 N–H and O–H groups in total. The average Bonchev–Trinajstić information content (AvgIpc) is 2.93. The van der Waals surface area contributed by atoms with Crippen LogP contribution in [-0.2, 0) is 0 Å². The van der Waals surface area contributed by atoms with Crippen LogP contribution in [0, 0.1) is 13.8 Å². The van der Waals surface area contributed by atoms with Crippen molar-refractivity contribution in [2.75, 3.05) is 5.32 Å². The molecule has 4 rings (SSSR count). The van der Waals surface area contributed by atoms with Crippen LogP contribution < -0.4 is 5.32 Å². The molecule has 1 aliphatic carbocycles. The Morgan fingerprint density at radius 2 is 2.26 bits per heavy atom. The number of rotatable bonds is 4. The molecule has 23 heavy (non-hydrogen) atoms. The molecule has 118 valence electrons. The number of H-pyrrole nitrogens is 1. The first-order valence-corrected chi connectivity index (χ1v) is 8.26. The van der Waals surface area contributed by atoms with Gasteiger partial charge in [0.05, 0.1) is 16.9 Å². The predicted octanol–water partition coefficient (Wildman–Crippen LogP) is 3.27. The first kappa shape index (κ1) is 14.1. The van der Waals surface area contributed by atoms with Gasteiger partial charge in [0.1, 0.15) is 4.88 Å². The summed E-state index contributed by atoms with van der Waals surface area (Å²) in [5.74, 6) is 1.45. The summed E-state index contributed by atoms with van der Waals surface area (Å²) in [5.41, 5.74) is 2.65. The third kappa shape index (κ3) is 2.55. The van der Waals surface area contributed by atoms with E-state index in [-0.39, 0.29) is 5.91 Å². The lowest BCUT2D eigenvalue weighted by molar-refractivity contribution is 0.102. The van der Waals surface area contributed by atoms with Gasteiger partial charge in [0, 0.05) is 11.6 Å². The van der Waals surface area contributed by atoms with Gasteiger partial charge in [-0.25, -0.2) is 0 Å². The van der Waals surface area contributed by atoms with Gasteiger partial charge in [0.2, 0.25) is 0 Å². The molecule has 3 heterocycles. The monoisotopic (exact) mass is 329 g/mol. The van der Waals surface area contributed by atoms with E-state index in [1.807, 2.05) is 18.4 Å². The van der Waals surface area contributed by atoms with Crippen LogP contribution in [0.5, 0.6) is 0 Å². The second-order valence-electron chi connectivity index (χ2n) is 5.66. The number of carbonyl (C=O) groups is 1. The zero-order valence-electron chi connectivity index (χ0n) is 12.7. The summed E-state index contributed by atoms with van der Waals surface area (Å²) in [6.07, 6.45) is 2.23. The Morgan fingerprint density at radius 3 is 2.96 bits per heavy atom. The van der Waals surface area contributed by atoms with Gasteiger partial charge in [-0.3, -0.25) is 9.89 Å². The standard InChI is InChI=1S/C15H15N5O2S/c1-7-11(8(2)19-18-7)14(21)16-10-5-6-23-12(10)15-17-13(20-22-15)9-3-4-9/h5-6,9H,3-4H2,1-2H3,(H,16,21)(H,18,19). The van der Waals surface area contributed by atoms with Gasteiger partial charge in [-0.2, -0.15) is 10.1 Å². The van der Waals surface area contributed by atoms with Crippen molar-refractivity contribution in [3.8, 4) is 10.8 Å². The Labute approximate surface area is 136 Å². The van der Waals surface area contributed by atoms with Gasteiger partial charge in [-0.15, -0.1) is 11.3 Å². The minimum atomic E-state index is -0.199. The van der Waals surface area contributed by atoms with Crippen LogP contribution in [0.3, 0.4) is 0 Å². The van der Waals surface area contributed by atoms with E-state index in [4.69, 9.17) is 4.52 Å². The Hall–Kier alpha value is -2.48. The van der Waals surface area contributed by atoms with E-state index in [1.165, 1.54) is 11.3 Å². The molecule has 7 nitrogen and oxygen atoms in total. The highest BCUT2D eigenvalue weighted by Crippen LogP contribution is 2.40. The lowest BCUT2D eigenvalue weighted by Gasteiger charge is -2.04. The normalized spacial score (nSPS) is 14.2. The van der Waals surface area contributed by atoms with E-state index < -0.39 is 0 Å². The number of aryl methyl sites for hydroxylation is 2. The molecule has 0 aliphatic heterocycles. The summed E-state index contributed by atoms with van der Waals surface area (Å²) < 4.78 is 5.35. The van der Waals surface area contributed by atoms with Crippen LogP contribution in [0.1, 0.15) is 46.3 Å². The van der Waals surface area contributed by atoms with Gasteiger partial charge in [-0.1, -0.05) is 5.16 Å². The Morgan fingerprint density at radius 1 is 1.43 bits per heavy atom. The average molecular weight is 329 g/mol. The topological polar surface area (TPSA) is 96.7 Å². The molecule has 3 aromatic heterocycles. The Bertz CT molecular complexity index is 855.